The molecule has 0 spiro atoms. The van der Waals surface area contributed by atoms with E-state index in [1.807, 2.05) is 4.90 Å². The van der Waals surface area contributed by atoms with Crippen molar-refractivity contribution in [1.82, 2.24) is 19.8 Å². The molecule has 0 radical (unpaired) electrons. The highest BCUT2D eigenvalue weighted by molar-refractivity contribution is 7.08. The van der Waals surface area contributed by atoms with Crippen LogP contribution in [0.3, 0.4) is 0 Å². The van der Waals surface area contributed by atoms with Gasteiger partial charge in [0.1, 0.15) is 4.88 Å². The molecule has 94 valence electrons. The molecule has 1 unspecified atom stereocenters. The van der Waals surface area contributed by atoms with Gasteiger partial charge in [-0.3, -0.25) is 4.79 Å². The Bertz CT molecular complexity index is 393. The van der Waals surface area contributed by atoms with Crippen molar-refractivity contribution in [2.45, 2.75) is 32.7 Å². The van der Waals surface area contributed by atoms with Gasteiger partial charge in [0.2, 0.25) is 0 Å². The van der Waals surface area contributed by atoms with Crippen LogP contribution < -0.4 is 5.32 Å². The summed E-state index contributed by atoms with van der Waals surface area (Å²) in [6, 6.07) is 0.243. The second-order valence-corrected chi connectivity index (χ2v) is 5.10. The van der Waals surface area contributed by atoms with E-state index < -0.39 is 0 Å². The van der Waals surface area contributed by atoms with Crippen molar-refractivity contribution in [2.24, 2.45) is 0 Å². The first-order valence-corrected chi connectivity index (χ1v) is 6.84. The maximum atomic E-state index is 12.4. The maximum absolute atomic E-state index is 12.4. The predicted octanol–water partition coefficient (Wildman–Crippen LogP) is 0.924. The molecule has 1 N–H and O–H groups in total. The van der Waals surface area contributed by atoms with Gasteiger partial charge in [0.25, 0.3) is 5.91 Å². The second kappa shape index (κ2) is 5.55. The molecule has 1 atom stereocenters. The van der Waals surface area contributed by atoms with Crippen molar-refractivity contribution < 1.29 is 4.79 Å². The summed E-state index contributed by atoms with van der Waals surface area (Å²) in [6.07, 6.45) is 1.82. The third-order valence-electron chi connectivity index (χ3n) is 3.00. The van der Waals surface area contributed by atoms with Gasteiger partial charge in [-0.15, -0.1) is 5.10 Å². The van der Waals surface area contributed by atoms with Gasteiger partial charge in [0.15, 0.2) is 0 Å². The fourth-order valence-corrected chi connectivity index (χ4v) is 2.71. The highest BCUT2D eigenvalue weighted by Crippen LogP contribution is 2.17. The first-order chi connectivity index (χ1) is 8.24. The van der Waals surface area contributed by atoms with Gasteiger partial charge in [0, 0.05) is 25.7 Å². The fourth-order valence-electron chi connectivity index (χ4n) is 2.04. The summed E-state index contributed by atoms with van der Waals surface area (Å²) in [4.78, 5) is 15.0. The first kappa shape index (κ1) is 12.4. The second-order valence-electron chi connectivity index (χ2n) is 4.35. The van der Waals surface area contributed by atoms with Crippen molar-refractivity contribution in [2.75, 3.05) is 19.6 Å². The van der Waals surface area contributed by atoms with Crippen molar-refractivity contribution in [3.05, 3.63) is 10.6 Å². The molecule has 5 nitrogen and oxygen atoms in total. The Labute approximate surface area is 105 Å². The Morgan fingerprint density at radius 1 is 1.65 bits per heavy atom. The number of hydrogen-bond acceptors (Lipinski definition) is 5. The molecule has 1 aromatic rings. The van der Waals surface area contributed by atoms with Crippen molar-refractivity contribution >= 4 is 17.4 Å². The molecule has 1 saturated heterocycles. The molecule has 1 aliphatic rings. The van der Waals surface area contributed by atoms with Crippen LogP contribution in [0, 0.1) is 0 Å². The molecule has 1 aromatic heterocycles. The molecule has 1 aliphatic heterocycles. The standard InChI is InChI=1S/C11H18N4OS/c1-3-4-9-10(17-14-13-9)11(16)15-6-5-12-7-8(15)2/h8,12H,3-7H2,1-2H3. The largest absolute Gasteiger partial charge is 0.333 e. The number of aryl methyl sites for hydroxylation is 1. The van der Waals surface area contributed by atoms with Crippen LogP contribution in [0.4, 0.5) is 0 Å². The smallest absolute Gasteiger partial charge is 0.267 e. The summed E-state index contributed by atoms with van der Waals surface area (Å²) in [5.41, 5.74) is 0.855. The molecule has 0 aromatic carbocycles. The lowest BCUT2D eigenvalue weighted by Gasteiger charge is -2.33. The fraction of sp³-hybridized carbons (Fsp3) is 0.727. The van der Waals surface area contributed by atoms with E-state index in [0.29, 0.717) is 0 Å². The topological polar surface area (TPSA) is 58.1 Å². The molecule has 6 heteroatoms. The van der Waals surface area contributed by atoms with Crippen LogP contribution in [0.1, 0.15) is 35.6 Å². The summed E-state index contributed by atoms with van der Waals surface area (Å²) < 4.78 is 3.91. The third-order valence-corrected chi connectivity index (χ3v) is 3.76. The van der Waals surface area contributed by atoms with Crippen LogP contribution in [0.15, 0.2) is 0 Å². The zero-order chi connectivity index (χ0) is 12.3. The highest BCUT2D eigenvalue weighted by Gasteiger charge is 2.27. The quantitative estimate of drug-likeness (QED) is 0.871. The maximum Gasteiger partial charge on any atom is 0.267 e. The summed E-state index contributed by atoms with van der Waals surface area (Å²) in [7, 11) is 0. The van der Waals surface area contributed by atoms with Gasteiger partial charge in [-0.05, 0) is 24.9 Å². The Morgan fingerprint density at radius 2 is 2.47 bits per heavy atom. The molecule has 0 bridgehead atoms. The van der Waals surface area contributed by atoms with Crippen molar-refractivity contribution in [3.63, 3.8) is 0 Å². The average Bonchev–Trinajstić information content (AvgIpc) is 2.78. The lowest BCUT2D eigenvalue weighted by atomic mass is 10.1. The van der Waals surface area contributed by atoms with E-state index in [2.05, 4.69) is 28.8 Å². The number of carbonyl (C=O) groups is 1. The molecule has 2 heterocycles. The Kier molecular flexibility index (Phi) is 4.06. The van der Waals surface area contributed by atoms with Gasteiger partial charge in [-0.1, -0.05) is 17.8 Å². The minimum absolute atomic E-state index is 0.0949. The summed E-state index contributed by atoms with van der Waals surface area (Å²) in [5, 5.41) is 7.33. The van der Waals surface area contributed by atoms with E-state index in [4.69, 9.17) is 0 Å². The molecule has 2 rings (SSSR count). The highest BCUT2D eigenvalue weighted by atomic mass is 32.1. The van der Waals surface area contributed by atoms with E-state index in [1.165, 1.54) is 11.5 Å². The molecule has 1 amide bonds. The van der Waals surface area contributed by atoms with E-state index in [-0.39, 0.29) is 11.9 Å². The molecule has 0 aliphatic carbocycles. The Morgan fingerprint density at radius 3 is 3.18 bits per heavy atom. The summed E-state index contributed by atoms with van der Waals surface area (Å²) in [5.74, 6) is 0.0949. The lowest BCUT2D eigenvalue weighted by molar-refractivity contribution is 0.0659. The molecule has 17 heavy (non-hydrogen) atoms. The average molecular weight is 254 g/mol. The van der Waals surface area contributed by atoms with Gasteiger partial charge in [0.05, 0.1) is 5.69 Å². The van der Waals surface area contributed by atoms with Crippen LogP contribution in [0.5, 0.6) is 0 Å². The number of carbonyl (C=O) groups excluding carboxylic acids is 1. The van der Waals surface area contributed by atoms with E-state index in [9.17, 15) is 4.79 Å². The van der Waals surface area contributed by atoms with Crippen LogP contribution in [0.25, 0.3) is 0 Å². The Hall–Kier alpha value is -1.01. The van der Waals surface area contributed by atoms with E-state index in [0.717, 1.165) is 43.0 Å². The first-order valence-electron chi connectivity index (χ1n) is 6.07. The Balaban J connectivity index is 2.15. The number of nitrogens with one attached hydrogen (secondary N) is 1. The molecule has 1 fully saturated rings. The minimum Gasteiger partial charge on any atom is -0.333 e. The summed E-state index contributed by atoms with van der Waals surface area (Å²) in [6.45, 7) is 6.65. The van der Waals surface area contributed by atoms with Crippen LogP contribution in [-0.2, 0) is 6.42 Å². The number of rotatable bonds is 3. The predicted molar refractivity (Wildman–Crippen MR) is 67.3 cm³/mol. The van der Waals surface area contributed by atoms with Gasteiger partial charge < -0.3 is 10.2 Å². The number of nitrogens with zero attached hydrogens (tertiary/aromatic N) is 3. The monoisotopic (exact) mass is 254 g/mol. The van der Waals surface area contributed by atoms with Crippen molar-refractivity contribution in [3.8, 4) is 0 Å². The van der Waals surface area contributed by atoms with Gasteiger partial charge in [-0.25, -0.2) is 0 Å². The normalized spacial score (nSPS) is 20.6. The van der Waals surface area contributed by atoms with E-state index in [1.54, 1.807) is 0 Å². The number of aromatic nitrogens is 2. The molecular weight excluding hydrogens is 236 g/mol. The third kappa shape index (κ3) is 2.63. The van der Waals surface area contributed by atoms with Crippen LogP contribution >= 0.6 is 11.5 Å². The number of hydrogen-bond donors (Lipinski definition) is 1. The lowest BCUT2D eigenvalue weighted by Crippen LogP contribution is -2.52. The number of amides is 1. The summed E-state index contributed by atoms with van der Waals surface area (Å²) >= 11 is 1.22. The molecular formula is C11H18N4OS. The molecule has 0 saturated carbocycles. The van der Waals surface area contributed by atoms with E-state index >= 15 is 0 Å². The zero-order valence-corrected chi connectivity index (χ0v) is 11.1. The van der Waals surface area contributed by atoms with Gasteiger partial charge in [-0.2, -0.15) is 0 Å². The zero-order valence-electron chi connectivity index (χ0n) is 10.3. The minimum atomic E-state index is 0.0949. The van der Waals surface area contributed by atoms with Crippen LogP contribution in [-0.4, -0.2) is 46.1 Å². The SMILES string of the molecule is CCCc1nnsc1C(=O)N1CCNCC1C. The number of piperazine rings is 1. The van der Waals surface area contributed by atoms with Crippen LogP contribution in [0.2, 0.25) is 0 Å². The van der Waals surface area contributed by atoms with Gasteiger partial charge >= 0.3 is 0 Å². The van der Waals surface area contributed by atoms with Crippen molar-refractivity contribution in [1.29, 1.82) is 0 Å².